The van der Waals surface area contributed by atoms with Gasteiger partial charge in [0.05, 0.1) is 25.7 Å². The predicted octanol–water partition coefficient (Wildman–Crippen LogP) is 1.88. The lowest BCUT2D eigenvalue weighted by Crippen LogP contribution is -2.24. The summed E-state index contributed by atoms with van der Waals surface area (Å²) >= 11 is 0. The lowest BCUT2D eigenvalue weighted by molar-refractivity contribution is -0.141. The normalized spacial score (nSPS) is 20.6. The van der Waals surface area contributed by atoms with E-state index in [1.807, 2.05) is 0 Å². The third-order valence-electron chi connectivity index (χ3n) is 4.68. The van der Waals surface area contributed by atoms with Crippen LogP contribution in [0, 0.1) is 11.8 Å². The van der Waals surface area contributed by atoms with E-state index >= 15 is 0 Å². The molecule has 138 valence electrons. The number of methoxy groups -OCH3 is 1. The number of carbonyl (C=O) groups excluding carboxylic acids is 1. The Morgan fingerprint density at radius 2 is 1.85 bits per heavy atom. The third kappa shape index (κ3) is 3.39. The molecule has 0 bridgehead atoms. The Balaban J connectivity index is 1.83. The summed E-state index contributed by atoms with van der Waals surface area (Å²) in [6, 6.07) is 8.84. The minimum absolute atomic E-state index is 0.00130. The van der Waals surface area contributed by atoms with Crippen LogP contribution in [0.15, 0.2) is 36.4 Å². The van der Waals surface area contributed by atoms with Crippen LogP contribution in [0.25, 0.3) is 0 Å². The molecule has 2 aromatic carbocycles. The van der Waals surface area contributed by atoms with Crippen molar-refractivity contribution in [3.05, 3.63) is 47.5 Å². The number of rotatable bonds is 5. The van der Waals surface area contributed by atoms with Gasteiger partial charge < -0.3 is 29.9 Å². The molecule has 1 aliphatic heterocycles. The number of phenolic OH excluding ortho intramolecular Hbond substituents is 3. The molecule has 1 aliphatic rings. The third-order valence-corrected chi connectivity index (χ3v) is 4.68. The molecule has 2 aromatic rings. The van der Waals surface area contributed by atoms with Crippen molar-refractivity contribution < 1.29 is 34.7 Å². The molecule has 4 N–H and O–H groups in total. The molecule has 1 saturated heterocycles. The number of ether oxygens (including phenoxy) is 2. The van der Waals surface area contributed by atoms with Crippen LogP contribution in [0.5, 0.6) is 23.0 Å². The number of benzene rings is 2. The fraction of sp³-hybridized carbons (Fsp3) is 0.316. The van der Waals surface area contributed by atoms with Crippen LogP contribution in [0.1, 0.15) is 17.2 Å². The molecule has 7 heteroatoms. The second-order valence-electron chi connectivity index (χ2n) is 6.30. The van der Waals surface area contributed by atoms with Crippen LogP contribution in [0.2, 0.25) is 0 Å². The van der Waals surface area contributed by atoms with E-state index in [1.54, 1.807) is 12.1 Å². The van der Waals surface area contributed by atoms with Gasteiger partial charge in [0.15, 0.2) is 23.0 Å². The standard InChI is InChI=1S/C19H20O7/c1-25-17-7-10(2-4-15(17)21)6-12-13(9-26-19(12)24)18(23)11-3-5-14(20)16(22)8-11/h2-5,7-8,12-13,18,20-23H,6,9H2,1H3. The van der Waals surface area contributed by atoms with Gasteiger partial charge in [0.25, 0.3) is 0 Å². The number of aromatic hydroxyl groups is 3. The van der Waals surface area contributed by atoms with E-state index in [2.05, 4.69) is 0 Å². The molecule has 3 atom stereocenters. The van der Waals surface area contributed by atoms with Crippen LogP contribution in [-0.2, 0) is 16.0 Å². The smallest absolute Gasteiger partial charge is 0.309 e. The Kier molecular flexibility index (Phi) is 4.90. The summed E-state index contributed by atoms with van der Waals surface area (Å²) in [5, 5.41) is 39.4. The Morgan fingerprint density at radius 1 is 1.12 bits per heavy atom. The van der Waals surface area contributed by atoms with Crippen LogP contribution < -0.4 is 4.74 Å². The second kappa shape index (κ2) is 7.13. The first-order valence-corrected chi connectivity index (χ1v) is 8.13. The number of aliphatic hydroxyl groups is 1. The molecule has 3 rings (SSSR count). The summed E-state index contributed by atoms with van der Waals surface area (Å²) < 4.78 is 10.2. The molecular weight excluding hydrogens is 340 g/mol. The fourth-order valence-corrected chi connectivity index (χ4v) is 3.20. The van der Waals surface area contributed by atoms with E-state index in [-0.39, 0.29) is 23.9 Å². The van der Waals surface area contributed by atoms with Crippen LogP contribution >= 0.6 is 0 Å². The van der Waals surface area contributed by atoms with Crippen LogP contribution in [-0.4, -0.2) is 40.1 Å². The number of carbonyl (C=O) groups is 1. The average molecular weight is 360 g/mol. The van der Waals surface area contributed by atoms with Crippen molar-refractivity contribution in [2.45, 2.75) is 12.5 Å². The number of cyclic esters (lactones) is 1. The van der Waals surface area contributed by atoms with E-state index in [0.29, 0.717) is 17.7 Å². The molecule has 0 saturated carbocycles. The number of phenols is 3. The Labute approximate surface area is 150 Å². The highest BCUT2D eigenvalue weighted by atomic mass is 16.5. The summed E-state index contributed by atoms with van der Waals surface area (Å²) in [7, 11) is 1.44. The number of hydrogen-bond acceptors (Lipinski definition) is 7. The molecule has 0 aromatic heterocycles. The second-order valence-corrected chi connectivity index (χ2v) is 6.30. The van der Waals surface area contributed by atoms with Crippen molar-refractivity contribution >= 4 is 5.97 Å². The topological polar surface area (TPSA) is 116 Å². The number of hydrogen-bond donors (Lipinski definition) is 4. The molecule has 0 spiro atoms. The molecule has 1 fully saturated rings. The van der Waals surface area contributed by atoms with Crippen molar-refractivity contribution in [1.82, 2.24) is 0 Å². The lowest BCUT2D eigenvalue weighted by Gasteiger charge is -2.22. The van der Waals surface area contributed by atoms with Gasteiger partial charge in [-0.25, -0.2) is 0 Å². The number of aliphatic hydroxyl groups excluding tert-OH is 1. The first kappa shape index (κ1) is 17.9. The van der Waals surface area contributed by atoms with E-state index < -0.39 is 23.9 Å². The molecule has 1 heterocycles. The van der Waals surface area contributed by atoms with Crippen LogP contribution in [0.4, 0.5) is 0 Å². The van der Waals surface area contributed by atoms with Gasteiger partial charge in [-0.1, -0.05) is 12.1 Å². The molecule has 0 amide bonds. The van der Waals surface area contributed by atoms with E-state index in [1.165, 1.54) is 31.4 Å². The summed E-state index contributed by atoms with van der Waals surface area (Å²) in [4.78, 5) is 12.2. The minimum Gasteiger partial charge on any atom is -0.504 e. The monoisotopic (exact) mass is 360 g/mol. The van der Waals surface area contributed by atoms with Crippen molar-refractivity contribution in [1.29, 1.82) is 0 Å². The molecule has 0 aliphatic carbocycles. The Bertz CT molecular complexity index is 818. The van der Waals surface area contributed by atoms with E-state index in [4.69, 9.17) is 9.47 Å². The molecular formula is C19H20O7. The van der Waals surface area contributed by atoms with Crippen molar-refractivity contribution in [3.8, 4) is 23.0 Å². The van der Waals surface area contributed by atoms with Gasteiger partial charge in [-0.05, 0) is 41.8 Å². The lowest BCUT2D eigenvalue weighted by atomic mass is 9.83. The first-order valence-electron chi connectivity index (χ1n) is 8.13. The van der Waals surface area contributed by atoms with Crippen molar-refractivity contribution in [3.63, 3.8) is 0 Å². The van der Waals surface area contributed by atoms with Crippen molar-refractivity contribution in [2.75, 3.05) is 13.7 Å². The minimum atomic E-state index is -1.04. The van der Waals surface area contributed by atoms with E-state index in [9.17, 15) is 25.2 Å². The summed E-state index contributed by atoms with van der Waals surface area (Å²) in [5.74, 6) is -1.83. The highest BCUT2D eigenvalue weighted by molar-refractivity contribution is 5.75. The van der Waals surface area contributed by atoms with Crippen LogP contribution in [0.3, 0.4) is 0 Å². The van der Waals surface area contributed by atoms with Gasteiger partial charge in [-0.3, -0.25) is 4.79 Å². The zero-order valence-corrected chi connectivity index (χ0v) is 14.1. The van der Waals surface area contributed by atoms with Gasteiger partial charge in [0, 0.05) is 5.92 Å². The van der Waals surface area contributed by atoms with Crippen molar-refractivity contribution in [2.24, 2.45) is 11.8 Å². The van der Waals surface area contributed by atoms with Gasteiger partial charge >= 0.3 is 5.97 Å². The molecule has 3 unspecified atom stereocenters. The summed E-state index contributed by atoms with van der Waals surface area (Å²) in [6.45, 7) is 0.0571. The Hall–Kier alpha value is -2.93. The SMILES string of the molecule is COc1cc(CC2C(=O)OCC2C(O)c2ccc(O)c(O)c2)ccc1O. The zero-order valence-electron chi connectivity index (χ0n) is 14.1. The fourth-order valence-electron chi connectivity index (χ4n) is 3.20. The maximum atomic E-state index is 12.2. The van der Waals surface area contributed by atoms with E-state index in [0.717, 1.165) is 5.56 Å². The highest BCUT2D eigenvalue weighted by Gasteiger charge is 2.41. The summed E-state index contributed by atoms with van der Waals surface area (Å²) in [5.41, 5.74) is 1.14. The maximum Gasteiger partial charge on any atom is 0.309 e. The van der Waals surface area contributed by atoms with Gasteiger partial charge in [-0.2, -0.15) is 0 Å². The summed E-state index contributed by atoms with van der Waals surface area (Å²) in [6.07, 6.45) is -0.738. The maximum absolute atomic E-state index is 12.2. The van der Waals surface area contributed by atoms with Gasteiger partial charge in [0.2, 0.25) is 0 Å². The Morgan fingerprint density at radius 3 is 2.54 bits per heavy atom. The van der Waals surface area contributed by atoms with Gasteiger partial charge in [-0.15, -0.1) is 0 Å². The average Bonchev–Trinajstić information content (AvgIpc) is 2.99. The zero-order chi connectivity index (χ0) is 18.8. The predicted molar refractivity (Wildman–Crippen MR) is 91.0 cm³/mol. The first-order chi connectivity index (χ1) is 12.4. The number of esters is 1. The van der Waals surface area contributed by atoms with Gasteiger partial charge in [0.1, 0.15) is 0 Å². The quantitative estimate of drug-likeness (QED) is 0.475. The molecule has 26 heavy (non-hydrogen) atoms. The molecule has 0 radical (unpaired) electrons. The highest BCUT2D eigenvalue weighted by Crippen LogP contribution is 2.38. The largest absolute Gasteiger partial charge is 0.504 e. The molecule has 7 nitrogen and oxygen atoms in total.